The molecule has 1 heterocycles. The van der Waals surface area contributed by atoms with E-state index in [2.05, 4.69) is 39.8 Å². The van der Waals surface area contributed by atoms with E-state index in [9.17, 15) is 0 Å². The zero-order valence-corrected chi connectivity index (χ0v) is 13.1. The number of hydrogen-bond acceptors (Lipinski definition) is 3. The zero-order chi connectivity index (χ0) is 14.0. The summed E-state index contributed by atoms with van der Waals surface area (Å²) in [5.74, 6) is 0.124. The Balaban J connectivity index is 2.29. The summed E-state index contributed by atoms with van der Waals surface area (Å²) in [5.41, 5.74) is 7.52. The van der Waals surface area contributed by atoms with Crippen LogP contribution in [-0.4, -0.2) is 44.0 Å². The van der Waals surface area contributed by atoms with Gasteiger partial charge in [-0.3, -0.25) is 5.41 Å². The molecular weight excluding hydrogens is 304 g/mol. The summed E-state index contributed by atoms with van der Waals surface area (Å²) in [4.78, 5) is 4.62. The Bertz CT molecular complexity index is 475. The number of likely N-dealkylation sites (N-methyl/N-ethyl adjacent to an activating group) is 2. The number of benzene rings is 1. The number of nitrogens with one attached hydrogen (secondary N) is 1. The van der Waals surface area contributed by atoms with E-state index < -0.39 is 0 Å². The van der Waals surface area contributed by atoms with Gasteiger partial charge in [-0.15, -0.1) is 0 Å². The first-order valence-electron chi connectivity index (χ1n) is 6.54. The van der Waals surface area contributed by atoms with Crippen LogP contribution in [0, 0.1) is 5.41 Å². The number of halogens is 1. The number of amidine groups is 1. The van der Waals surface area contributed by atoms with Gasteiger partial charge in [-0.05, 0) is 44.6 Å². The standard InChI is InChI=1S/C14H21BrN4/c1-18-7-3-4-11(9-18)19(2)13-8-10(15)5-6-12(13)14(16)17/h5-6,8,11H,3-4,7,9H2,1-2H3,(H3,16,17). The molecule has 4 nitrogen and oxygen atoms in total. The van der Waals surface area contributed by atoms with E-state index in [-0.39, 0.29) is 5.84 Å². The van der Waals surface area contributed by atoms with Crippen molar-refractivity contribution in [3.05, 3.63) is 28.2 Å². The van der Waals surface area contributed by atoms with Crippen molar-refractivity contribution in [2.45, 2.75) is 18.9 Å². The van der Waals surface area contributed by atoms with Crippen LogP contribution < -0.4 is 10.6 Å². The summed E-state index contributed by atoms with van der Waals surface area (Å²) >= 11 is 3.50. The first-order chi connectivity index (χ1) is 8.99. The fourth-order valence-electron chi connectivity index (χ4n) is 2.68. The average Bonchev–Trinajstić information content (AvgIpc) is 2.37. The molecule has 19 heavy (non-hydrogen) atoms. The van der Waals surface area contributed by atoms with E-state index in [1.165, 1.54) is 19.4 Å². The fraction of sp³-hybridized carbons (Fsp3) is 0.500. The fourth-order valence-corrected chi connectivity index (χ4v) is 3.03. The van der Waals surface area contributed by atoms with E-state index in [1.54, 1.807) is 0 Å². The van der Waals surface area contributed by atoms with Crippen LogP contribution in [-0.2, 0) is 0 Å². The number of hydrogen-bond donors (Lipinski definition) is 2. The minimum absolute atomic E-state index is 0.124. The van der Waals surface area contributed by atoms with Gasteiger partial charge in [-0.1, -0.05) is 15.9 Å². The van der Waals surface area contributed by atoms with E-state index in [1.807, 2.05) is 18.2 Å². The van der Waals surface area contributed by atoms with Crippen LogP contribution in [0.5, 0.6) is 0 Å². The molecule has 1 unspecified atom stereocenters. The topological polar surface area (TPSA) is 56.4 Å². The van der Waals surface area contributed by atoms with Crippen molar-refractivity contribution >= 4 is 27.5 Å². The van der Waals surface area contributed by atoms with E-state index in [4.69, 9.17) is 11.1 Å². The maximum atomic E-state index is 7.72. The molecule has 1 fully saturated rings. The Morgan fingerprint density at radius 1 is 1.53 bits per heavy atom. The van der Waals surface area contributed by atoms with Crippen molar-refractivity contribution in [3.8, 4) is 0 Å². The highest BCUT2D eigenvalue weighted by atomic mass is 79.9. The lowest BCUT2D eigenvalue weighted by molar-refractivity contribution is 0.248. The zero-order valence-electron chi connectivity index (χ0n) is 11.5. The molecule has 0 amide bonds. The highest BCUT2D eigenvalue weighted by molar-refractivity contribution is 9.10. The molecule has 1 aromatic carbocycles. The van der Waals surface area contributed by atoms with Crippen molar-refractivity contribution < 1.29 is 0 Å². The van der Waals surface area contributed by atoms with Gasteiger partial charge in [0.05, 0.1) is 0 Å². The molecular formula is C14H21BrN4. The predicted molar refractivity (Wildman–Crippen MR) is 84.1 cm³/mol. The van der Waals surface area contributed by atoms with Crippen molar-refractivity contribution in [2.75, 3.05) is 32.1 Å². The lowest BCUT2D eigenvalue weighted by Gasteiger charge is -2.37. The molecule has 0 aromatic heterocycles. The molecule has 0 saturated carbocycles. The minimum Gasteiger partial charge on any atom is -0.384 e. The second kappa shape index (κ2) is 5.92. The summed E-state index contributed by atoms with van der Waals surface area (Å²) in [6.07, 6.45) is 2.40. The molecule has 3 N–H and O–H groups in total. The number of anilines is 1. The Morgan fingerprint density at radius 2 is 2.26 bits per heavy atom. The number of likely N-dealkylation sites (tertiary alicyclic amines) is 1. The van der Waals surface area contributed by atoms with Crippen molar-refractivity contribution in [2.24, 2.45) is 5.73 Å². The highest BCUT2D eigenvalue weighted by Crippen LogP contribution is 2.27. The van der Waals surface area contributed by atoms with Gasteiger partial charge in [0.1, 0.15) is 5.84 Å². The third-order valence-electron chi connectivity index (χ3n) is 3.78. The van der Waals surface area contributed by atoms with E-state index in [0.29, 0.717) is 6.04 Å². The summed E-state index contributed by atoms with van der Waals surface area (Å²) < 4.78 is 1.02. The van der Waals surface area contributed by atoms with Gasteiger partial charge >= 0.3 is 0 Å². The summed E-state index contributed by atoms with van der Waals surface area (Å²) in [6.45, 7) is 2.22. The molecule has 1 atom stereocenters. The van der Waals surface area contributed by atoms with Crippen molar-refractivity contribution in [1.82, 2.24) is 4.90 Å². The van der Waals surface area contributed by atoms with Crippen LogP contribution in [0.15, 0.2) is 22.7 Å². The third kappa shape index (κ3) is 3.28. The molecule has 0 bridgehead atoms. The van der Waals surface area contributed by atoms with Gasteiger partial charge in [0.2, 0.25) is 0 Å². The number of nitrogens with zero attached hydrogens (tertiary/aromatic N) is 2. The van der Waals surface area contributed by atoms with Gasteiger partial charge in [-0.25, -0.2) is 0 Å². The molecule has 0 radical (unpaired) electrons. The Morgan fingerprint density at radius 3 is 2.89 bits per heavy atom. The normalized spacial score (nSPS) is 20.3. The van der Waals surface area contributed by atoms with Crippen molar-refractivity contribution in [1.29, 1.82) is 5.41 Å². The highest BCUT2D eigenvalue weighted by Gasteiger charge is 2.23. The SMILES string of the molecule is CN1CCCC(N(C)c2cc(Br)ccc2C(=N)N)C1. The van der Waals surface area contributed by atoms with Gasteiger partial charge in [-0.2, -0.15) is 0 Å². The van der Waals surface area contributed by atoms with Gasteiger partial charge in [0.15, 0.2) is 0 Å². The number of piperidine rings is 1. The van der Waals surface area contributed by atoms with E-state index >= 15 is 0 Å². The minimum atomic E-state index is 0.124. The molecule has 2 rings (SSSR count). The second-order valence-corrected chi connectivity index (χ2v) is 6.16. The van der Waals surface area contributed by atoms with Crippen LogP contribution in [0.4, 0.5) is 5.69 Å². The summed E-state index contributed by atoms with van der Waals surface area (Å²) in [5, 5.41) is 7.72. The third-order valence-corrected chi connectivity index (χ3v) is 4.27. The summed E-state index contributed by atoms with van der Waals surface area (Å²) in [6, 6.07) is 6.36. The van der Waals surface area contributed by atoms with Crippen LogP contribution in [0.1, 0.15) is 18.4 Å². The maximum Gasteiger partial charge on any atom is 0.124 e. The van der Waals surface area contributed by atoms with Crippen LogP contribution in [0.25, 0.3) is 0 Å². The quantitative estimate of drug-likeness (QED) is 0.662. The van der Waals surface area contributed by atoms with Crippen LogP contribution in [0.2, 0.25) is 0 Å². The molecule has 1 saturated heterocycles. The van der Waals surface area contributed by atoms with Gasteiger partial charge < -0.3 is 15.5 Å². The molecule has 1 aromatic rings. The lowest BCUT2D eigenvalue weighted by Crippen LogP contribution is -2.45. The van der Waals surface area contributed by atoms with Crippen molar-refractivity contribution in [3.63, 3.8) is 0 Å². The Hall–Kier alpha value is -1.07. The molecule has 1 aliphatic rings. The largest absolute Gasteiger partial charge is 0.384 e. The predicted octanol–water partition coefficient (Wildman–Crippen LogP) is 2.26. The first-order valence-corrected chi connectivity index (χ1v) is 7.33. The Kier molecular flexibility index (Phi) is 4.47. The first kappa shape index (κ1) is 14.3. The molecule has 1 aliphatic heterocycles. The molecule has 0 aliphatic carbocycles. The molecule has 0 spiro atoms. The number of nitrogen functional groups attached to an aromatic ring is 1. The number of rotatable bonds is 3. The van der Waals surface area contributed by atoms with E-state index in [0.717, 1.165) is 22.3 Å². The molecule has 5 heteroatoms. The van der Waals surface area contributed by atoms with Gasteiger partial charge in [0.25, 0.3) is 0 Å². The smallest absolute Gasteiger partial charge is 0.124 e. The number of nitrogens with two attached hydrogens (primary N) is 1. The summed E-state index contributed by atoms with van der Waals surface area (Å²) in [7, 11) is 4.25. The second-order valence-electron chi connectivity index (χ2n) is 5.24. The monoisotopic (exact) mass is 324 g/mol. The maximum absolute atomic E-state index is 7.72. The Labute approximate surface area is 123 Å². The lowest BCUT2D eigenvalue weighted by atomic mass is 10.0. The average molecular weight is 325 g/mol. The van der Waals surface area contributed by atoms with Gasteiger partial charge in [0, 0.05) is 35.4 Å². The van der Waals surface area contributed by atoms with Crippen LogP contribution in [0.3, 0.4) is 0 Å². The molecule has 104 valence electrons. The van der Waals surface area contributed by atoms with Crippen LogP contribution >= 0.6 is 15.9 Å².